The molecule has 0 aromatic heterocycles. The molecule has 0 aliphatic carbocycles. The number of hydrogen-bond acceptors (Lipinski definition) is 3. The second-order valence-corrected chi connectivity index (χ2v) is 9.47. The molecule has 0 atom stereocenters. The first-order valence-electron chi connectivity index (χ1n) is 7.34. The van der Waals surface area contributed by atoms with Gasteiger partial charge in [-0.15, -0.1) is 0 Å². The molecule has 0 N–H and O–H groups in total. The monoisotopic (exact) mass is 312 g/mol. The number of benzene rings is 1. The Morgan fingerprint density at radius 2 is 1.67 bits per heavy atom. The minimum absolute atomic E-state index is 0.0948. The van der Waals surface area contributed by atoms with Gasteiger partial charge in [-0.2, -0.15) is 0 Å². The van der Waals surface area contributed by atoms with Crippen LogP contribution in [0.25, 0.3) is 0 Å². The molecule has 0 spiro atoms. The van der Waals surface area contributed by atoms with Gasteiger partial charge in [-0.25, -0.2) is 8.42 Å². The molecule has 3 nitrogen and oxygen atoms in total. The van der Waals surface area contributed by atoms with Crippen LogP contribution in [0.15, 0.2) is 23.1 Å². The van der Waals surface area contributed by atoms with Gasteiger partial charge in [-0.05, 0) is 41.9 Å². The van der Waals surface area contributed by atoms with E-state index in [9.17, 15) is 8.42 Å². The van der Waals surface area contributed by atoms with Crippen LogP contribution in [0.2, 0.25) is 0 Å². The fourth-order valence-electron chi connectivity index (χ4n) is 2.92. The van der Waals surface area contributed by atoms with Crippen LogP contribution >= 0.6 is 0 Å². The average Bonchev–Trinajstić information content (AvgIpc) is 2.24. The maximum Gasteiger partial charge on any atom is 0.179 e. The summed E-state index contributed by atoms with van der Waals surface area (Å²) < 4.78 is 29.5. The Morgan fingerprint density at radius 1 is 1.10 bits per heavy atom. The molecule has 0 unspecified atom stereocenters. The van der Waals surface area contributed by atoms with Crippen molar-refractivity contribution in [3.63, 3.8) is 0 Å². The van der Waals surface area contributed by atoms with E-state index >= 15 is 0 Å². The van der Waals surface area contributed by atoms with Gasteiger partial charge in [-0.1, -0.05) is 40.7 Å². The van der Waals surface area contributed by atoms with Crippen LogP contribution in [-0.4, -0.2) is 21.3 Å². The van der Waals surface area contributed by atoms with Crippen LogP contribution in [0.5, 0.6) is 5.75 Å². The van der Waals surface area contributed by atoms with Crippen molar-refractivity contribution in [2.45, 2.75) is 58.3 Å². The van der Waals surface area contributed by atoms with E-state index in [4.69, 9.17) is 4.74 Å². The van der Waals surface area contributed by atoms with Crippen LogP contribution < -0.4 is 4.74 Å². The highest BCUT2D eigenvalue weighted by Crippen LogP contribution is 2.38. The summed E-state index contributed by atoms with van der Waals surface area (Å²) in [6.45, 7) is 13.2. The first kappa shape index (κ1) is 18.0. The van der Waals surface area contributed by atoms with Crippen molar-refractivity contribution in [1.29, 1.82) is 0 Å². The van der Waals surface area contributed by atoms with Crippen LogP contribution in [0, 0.1) is 5.41 Å². The molecule has 0 amide bonds. The van der Waals surface area contributed by atoms with Gasteiger partial charge < -0.3 is 4.74 Å². The molecule has 0 fully saturated rings. The Kier molecular flexibility index (Phi) is 5.14. The van der Waals surface area contributed by atoms with Crippen LogP contribution in [-0.2, 0) is 15.3 Å². The smallest absolute Gasteiger partial charge is 0.179 e. The van der Waals surface area contributed by atoms with E-state index in [1.807, 2.05) is 13.0 Å². The van der Waals surface area contributed by atoms with Gasteiger partial charge in [0.2, 0.25) is 0 Å². The molecule has 0 heterocycles. The van der Waals surface area contributed by atoms with E-state index in [-0.39, 0.29) is 15.7 Å². The minimum atomic E-state index is -3.31. The Morgan fingerprint density at radius 3 is 2.10 bits per heavy atom. The zero-order chi connectivity index (χ0) is 16.5. The Bertz CT molecular complexity index is 593. The second kappa shape index (κ2) is 5.99. The lowest BCUT2D eigenvalue weighted by atomic mass is 9.72. The highest BCUT2D eigenvalue weighted by atomic mass is 32.2. The molecule has 0 aliphatic heterocycles. The van der Waals surface area contributed by atoms with Gasteiger partial charge in [0, 0.05) is 6.26 Å². The standard InChI is InChI=1S/C17H28O3S/c1-8-20-14-10-9-13(11-15(14)21(7,18)19)17(5,6)12-16(2,3)4/h9-11H,8,12H2,1-7H3. The van der Waals surface area contributed by atoms with E-state index < -0.39 is 9.84 Å². The van der Waals surface area contributed by atoms with Crippen molar-refractivity contribution in [3.8, 4) is 5.75 Å². The molecule has 1 aromatic rings. The number of rotatable bonds is 5. The van der Waals surface area contributed by atoms with Gasteiger partial charge in [-0.3, -0.25) is 0 Å². The predicted molar refractivity (Wildman–Crippen MR) is 87.8 cm³/mol. The highest BCUT2D eigenvalue weighted by molar-refractivity contribution is 7.90. The topological polar surface area (TPSA) is 43.4 Å². The maximum absolute atomic E-state index is 12.0. The molecule has 120 valence electrons. The van der Waals surface area contributed by atoms with E-state index in [0.717, 1.165) is 12.0 Å². The van der Waals surface area contributed by atoms with Gasteiger partial charge >= 0.3 is 0 Å². The number of sulfone groups is 1. The molecular formula is C17H28O3S. The summed E-state index contributed by atoms with van der Waals surface area (Å²) in [5, 5.41) is 0. The average molecular weight is 312 g/mol. The fourth-order valence-corrected chi connectivity index (χ4v) is 3.75. The normalized spacial score (nSPS) is 13.3. The van der Waals surface area contributed by atoms with E-state index in [2.05, 4.69) is 34.6 Å². The van der Waals surface area contributed by atoms with Crippen molar-refractivity contribution in [2.75, 3.05) is 12.9 Å². The SMILES string of the molecule is CCOc1ccc(C(C)(C)CC(C)(C)C)cc1S(C)(=O)=O. The van der Waals surface area contributed by atoms with Gasteiger partial charge in [0.1, 0.15) is 10.6 Å². The van der Waals surface area contributed by atoms with Gasteiger partial charge in [0.25, 0.3) is 0 Å². The van der Waals surface area contributed by atoms with Crippen LogP contribution in [0.4, 0.5) is 0 Å². The zero-order valence-corrected chi connectivity index (χ0v) is 15.1. The Labute approximate surface area is 129 Å². The van der Waals surface area contributed by atoms with Crippen molar-refractivity contribution in [1.82, 2.24) is 0 Å². The highest BCUT2D eigenvalue weighted by Gasteiger charge is 2.29. The van der Waals surface area contributed by atoms with Crippen molar-refractivity contribution < 1.29 is 13.2 Å². The minimum Gasteiger partial charge on any atom is -0.493 e. The molecular weight excluding hydrogens is 284 g/mol. The summed E-state index contributed by atoms with van der Waals surface area (Å²) in [5.74, 6) is 0.440. The van der Waals surface area contributed by atoms with Crippen molar-refractivity contribution >= 4 is 9.84 Å². The molecule has 1 aromatic carbocycles. The molecule has 0 saturated carbocycles. The van der Waals surface area contributed by atoms with Crippen LogP contribution in [0.1, 0.15) is 53.5 Å². The van der Waals surface area contributed by atoms with E-state index in [1.54, 1.807) is 12.1 Å². The summed E-state index contributed by atoms with van der Waals surface area (Å²) in [5.41, 5.74) is 1.11. The summed E-state index contributed by atoms with van der Waals surface area (Å²) in [6.07, 6.45) is 2.20. The van der Waals surface area contributed by atoms with Crippen LogP contribution in [0.3, 0.4) is 0 Å². The van der Waals surface area contributed by atoms with Crippen molar-refractivity contribution in [2.24, 2.45) is 5.41 Å². The molecule has 21 heavy (non-hydrogen) atoms. The molecule has 0 aliphatic rings. The molecule has 4 heteroatoms. The number of hydrogen-bond donors (Lipinski definition) is 0. The lowest BCUT2D eigenvalue weighted by molar-refractivity contribution is 0.283. The number of ether oxygens (including phenoxy) is 1. The molecule has 0 radical (unpaired) electrons. The predicted octanol–water partition coefficient (Wildman–Crippen LogP) is 4.20. The van der Waals surface area contributed by atoms with Gasteiger partial charge in [0.05, 0.1) is 6.61 Å². The molecule has 0 saturated heterocycles. The lowest BCUT2D eigenvalue weighted by Crippen LogP contribution is -2.25. The van der Waals surface area contributed by atoms with E-state index in [1.165, 1.54) is 6.26 Å². The molecule has 1 rings (SSSR count). The third kappa shape index (κ3) is 5.03. The Balaban J connectivity index is 3.34. The van der Waals surface area contributed by atoms with Crippen molar-refractivity contribution in [3.05, 3.63) is 23.8 Å². The Hall–Kier alpha value is -1.03. The summed E-state index contributed by atoms with van der Waals surface area (Å²) in [6, 6.07) is 5.52. The summed E-state index contributed by atoms with van der Waals surface area (Å²) in [4.78, 5) is 0.281. The first-order chi connectivity index (χ1) is 9.37. The fraction of sp³-hybridized carbons (Fsp3) is 0.647. The lowest BCUT2D eigenvalue weighted by Gasteiger charge is -2.33. The largest absolute Gasteiger partial charge is 0.493 e. The van der Waals surface area contributed by atoms with E-state index in [0.29, 0.717) is 12.4 Å². The first-order valence-corrected chi connectivity index (χ1v) is 9.23. The molecule has 0 bridgehead atoms. The maximum atomic E-state index is 12.0. The second-order valence-electron chi connectivity index (χ2n) is 7.49. The quantitative estimate of drug-likeness (QED) is 0.818. The van der Waals surface area contributed by atoms with Gasteiger partial charge in [0.15, 0.2) is 9.84 Å². The third-order valence-electron chi connectivity index (χ3n) is 3.40. The third-order valence-corrected chi connectivity index (χ3v) is 4.51. The summed E-state index contributed by atoms with van der Waals surface area (Å²) in [7, 11) is -3.31. The summed E-state index contributed by atoms with van der Waals surface area (Å²) >= 11 is 0. The zero-order valence-electron chi connectivity index (χ0n) is 14.3.